The molecule has 0 radical (unpaired) electrons. The van der Waals surface area contributed by atoms with Gasteiger partial charge in [0.05, 0.1) is 26.4 Å². The molecule has 8 nitrogen and oxygen atoms in total. The van der Waals surface area contributed by atoms with E-state index in [9.17, 15) is 14.4 Å². The van der Waals surface area contributed by atoms with Crippen LogP contribution in [0.5, 0.6) is 0 Å². The summed E-state index contributed by atoms with van der Waals surface area (Å²) in [6.45, 7) is 1.92. The summed E-state index contributed by atoms with van der Waals surface area (Å²) in [4.78, 5) is 35.1. The molecular weight excluding hydrogens is 376 g/mol. The van der Waals surface area contributed by atoms with E-state index in [0.29, 0.717) is 10.1 Å². The van der Waals surface area contributed by atoms with Crippen LogP contribution < -0.4 is 0 Å². The molecule has 0 aliphatic carbocycles. The van der Waals surface area contributed by atoms with Crippen LogP contribution in [0.3, 0.4) is 0 Å². The van der Waals surface area contributed by atoms with Crippen molar-refractivity contribution >= 4 is 33.8 Å². The summed E-state index contributed by atoms with van der Waals surface area (Å²) >= 11 is 3.27. The molecule has 23 heavy (non-hydrogen) atoms. The molecule has 2 saturated heterocycles. The topological polar surface area (TPSA) is 97.4 Å². The fraction of sp³-hybridized carbons (Fsp3) is 0.643. The van der Waals surface area contributed by atoms with Crippen molar-refractivity contribution in [2.45, 2.75) is 31.8 Å². The average molecular weight is 393 g/mol. The van der Waals surface area contributed by atoms with Crippen LogP contribution in [0.15, 0.2) is 10.1 Å². The first-order chi connectivity index (χ1) is 10.9. The van der Waals surface area contributed by atoms with Crippen molar-refractivity contribution in [2.24, 2.45) is 5.92 Å². The number of esters is 3. The molecule has 9 heteroatoms. The quantitative estimate of drug-likeness (QED) is 0.391. The number of hydrogen-bond donors (Lipinski definition) is 0. The molecule has 0 bridgehead atoms. The highest BCUT2D eigenvalue weighted by Crippen LogP contribution is 2.34. The Kier molecular flexibility index (Phi) is 5.77. The lowest BCUT2D eigenvalue weighted by molar-refractivity contribution is -0.160. The predicted molar refractivity (Wildman–Crippen MR) is 78.3 cm³/mol. The van der Waals surface area contributed by atoms with Gasteiger partial charge < -0.3 is 23.7 Å². The number of rotatable bonds is 4. The molecule has 0 unspecified atom stereocenters. The lowest BCUT2D eigenvalue weighted by atomic mass is 9.98. The summed E-state index contributed by atoms with van der Waals surface area (Å²) < 4.78 is 25.8. The molecule has 128 valence electrons. The SMILES string of the molecule is COC(=O)[C@@H]1OC(C[C@@H]2COC(=O)/C2=C(/C)Br)O[C@H]1C(=O)OC. The van der Waals surface area contributed by atoms with Gasteiger partial charge in [-0.25, -0.2) is 14.4 Å². The maximum Gasteiger partial charge on any atom is 0.338 e. The van der Waals surface area contributed by atoms with Gasteiger partial charge in [0, 0.05) is 16.8 Å². The first kappa shape index (κ1) is 17.9. The van der Waals surface area contributed by atoms with Crippen LogP contribution in [0.4, 0.5) is 0 Å². The zero-order valence-corrected chi connectivity index (χ0v) is 14.5. The third-order valence-corrected chi connectivity index (χ3v) is 4.06. The van der Waals surface area contributed by atoms with Crippen molar-refractivity contribution in [2.75, 3.05) is 20.8 Å². The maximum absolute atomic E-state index is 11.7. The van der Waals surface area contributed by atoms with Crippen molar-refractivity contribution in [3.05, 3.63) is 10.1 Å². The summed E-state index contributed by atoms with van der Waals surface area (Å²) in [5, 5.41) is 0. The second kappa shape index (κ2) is 7.41. The van der Waals surface area contributed by atoms with Crippen LogP contribution in [0.25, 0.3) is 0 Å². The van der Waals surface area contributed by atoms with E-state index in [4.69, 9.17) is 14.2 Å². The monoisotopic (exact) mass is 392 g/mol. The van der Waals surface area contributed by atoms with Crippen LogP contribution in [0, 0.1) is 5.92 Å². The Morgan fingerprint density at radius 1 is 1.17 bits per heavy atom. The molecule has 0 saturated carbocycles. The largest absolute Gasteiger partial charge is 0.467 e. The number of methoxy groups -OCH3 is 2. The first-order valence-electron chi connectivity index (χ1n) is 6.89. The fourth-order valence-electron chi connectivity index (χ4n) is 2.55. The number of hydrogen-bond acceptors (Lipinski definition) is 8. The molecule has 0 spiro atoms. The van der Waals surface area contributed by atoms with Crippen LogP contribution in [0.1, 0.15) is 13.3 Å². The van der Waals surface area contributed by atoms with E-state index in [0.717, 1.165) is 0 Å². The van der Waals surface area contributed by atoms with Gasteiger partial charge >= 0.3 is 17.9 Å². The number of allylic oxidation sites excluding steroid dienone is 1. The molecule has 2 rings (SSSR count). The van der Waals surface area contributed by atoms with E-state index in [1.54, 1.807) is 6.92 Å². The molecule has 0 aromatic heterocycles. The number of carbonyl (C=O) groups is 3. The van der Waals surface area contributed by atoms with Crippen LogP contribution in [-0.4, -0.2) is 57.2 Å². The van der Waals surface area contributed by atoms with Crippen molar-refractivity contribution in [1.29, 1.82) is 0 Å². The van der Waals surface area contributed by atoms with Crippen molar-refractivity contribution in [3.63, 3.8) is 0 Å². The lowest BCUT2D eigenvalue weighted by Crippen LogP contribution is -2.38. The minimum atomic E-state index is -1.20. The van der Waals surface area contributed by atoms with Gasteiger partial charge in [-0.3, -0.25) is 0 Å². The zero-order chi connectivity index (χ0) is 17.1. The molecule has 0 aromatic carbocycles. The molecule has 2 aliphatic rings. The highest BCUT2D eigenvalue weighted by Gasteiger charge is 2.48. The van der Waals surface area contributed by atoms with E-state index in [1.807, 2.05) is 0 Å². The average Bonchev–Trinajstić information content (AvgIpc) is 3.10. The molecule has 0 aromatic rings. The van der Waals surface area contributed by atoms with Crippen molar-refractivity contribution in [3.8, 4) is 0 Å². The van der Waals surface area contributed by atoms with Gasteiger partial charge in [-0.1, -0.05) is 15.9 Å². The number of halogens is 1. The number of cyclic esters (lactones) is 1. The van der Waals surface area contributed by atoms with Gasteiger partial charge in [0.15, 0.2) is 18.5 Å². The summed E-state index contributed by atoms with van der Waals surface area (Å²) in [5.74, 6) is -2.12. The molecule has 0 N–H and O–H groups in total. The second-order valence-electron chi connectivity index (χ2n) is 5.07. The van der Waals surface area contributed by atoms with Gasteiger partial charge in [-0.05, 0) is 6.92 Å². The molecule has 2 fully saturated rings. The Morgan fingerprint density at radius 2 is 1.70 bits per heavy atom. The van der Waals surface area contributed by atoms with Crippen molar-refractivity contribution < 1.29 is 38.1 Å². The molecular formula is C14H17BrO8. The third kappa shape index (κ3) is 3.73. The van der Waals surface area contributed by atoms with Gasteiger partial charge in [-0.15, -0.1) is 0 Å². The van der Waals surface area contributed by atoms with Crippen LogP contribution in [0.2, 0.25) is 0 Å². The summed E-state index contributed by atoms with van der Waals surface area (Å²) in [6.07, 6.45) is -3.00. The Balaban J connectivity index is 2.10. The zero-order valence-electron chi connectivity index (χ0n) is 12.9. The Morgan fingerprint density at radius 3 is 2.13 bits per heavy atom. The standard InChI is InChI=1S/C14H17BrO8/c1-6(15)9-7(5-21-12(9)16)4-8-22-10(13(17)19-2)11(23-8)14(18)20-3/h7-8,10-11H,4-5H2,1-3H3/b9-6-/t7-,10-,11-/m1/s1. The fourth-order valence-corrected chi connectivity index (χ4v) is 3.03. The molecule has 2 aliphatic heterocycles. The Bertz CT molecular complexity index is 515. The highest BCUT2D eigenvalue weighted by atomic mass is 79.9. The second-order valence-corrected chi connectivity index (χ2v) is 6.26. The Hall–Kier alpha value is -1.45. The van der Waals surface area contributed by atoms with Gasteiger partial charge in [-0.2, -0.15) is 0 Å². The summed E-state index contributed by atoms with van der Waals surface area (Å²) in [5.41, 5.74) is 0.494. The van der Waals surface area contributed by atoms with Crippen LogP contribution in [-0.2, 0) is 38.1 Å². The van der Waals surface area contributed by atoms with Gasteiger partial charge in [0.1, 0.15) is 0 Å². The van der Waals surface area contributed by atoms with E-state index in [1.165, 1.54) is 14.2 Å². The number of carbonyl (C=O) groups excluding carboxylic acids is 3. The van der Waals surface area contributed by atoms with E-state index in [-0.39, 0.29) is 18.9 Å². The normalized spacial score (nSPS) is 30.1. The van der Waals surface area contributed by atoms with E-state index in [2.05, 4.69) is 25.4 Å². The lowest BCUT2D eigenvalue weighted by Gasteiger charge is -2.14. The maximum atomic E-state index is 11.7. The summed E-state index contributed by atoms with van der Waals surface area (Å²) in [6, 6.07) is 0. The number of ether oxygens (including phenoxy) is 5. The molecule has 2 heterocycles. The van der Waals surface area contributed by atoms with E-state index < -0.39 is 36.4 Å². The predicted octanol–water partition coefficient (Wildman–Crippen LogP) is 0.674. The van der Waals surface area contributed by atoms with Gasteiger partial charge in [0.2, 0.25) is 0 Å². The van der Waals surface area contributed by atoms with Gasteiger partial charge in [0.25, 0.3) is 0 Å². The molecule has 0 amide bonds. The minimum Gasteiger partial charge on any atom is -0.467 e. The Labute approximate surface area is 141 Å². The first-order valence-corrected chi connectivity index (χ1v) is 7.68. The minimum absolute atomic E-state index is 0.187. The van der Waals surface area contributed by atoms with Crippen LogP contribution >= 0.6 is 15.9 Å². The van der Waals surface area contributed by atoms with E-state index >= 15 is 0 Å². The van der Waals surface area contributed by atoms with Crippen molar-refractivity contribution in [1.82, 2.24) is 0 Å². The highest BCUT2D eigenvalue weighted by molar-refractivity contribution is 9.11. The smallest absolute Gasteiger partial charge is 0.338 e. The summed E-state index contributed by atoms with van der Waals surface area (Å²) in [7, 11) is 2.37. The molecule has 3 atom stereocenters. The third-order valence-electron chi connectivity index (χ3n) is 3.63.